The maximum absolute atomic E-state index is 13.6. The molecule has 21 heavy (non-hydrogen) atoms. The molecule has 4 bridgehead atoms. The van der Waals surface area contributed by atoms with Crippen molar-refractivity contribution >= 4 is 16.1 Å². The average Bonchev–Trinajstić information content (AvgIpc) is 2.22. The van der Waals surface area contributed by atoms with Gasteiger partial charge in [0.25, 0.3) is 10.1 Å². The summed E-state index contributed by atoms with van der Waals surface area (Å²) in [6.45, 7) is 0. The molecule has 0 saturated heterocycles. The third-order valence-electron chi connectivity index (χ3n) is 4.95. The Hall–Kier alpha value is -0.760. The Morgan fingerprint density at radius 3 is 1.95 bits per heavy atom. The van der Waals surface area contributed by atoms with Crippen molar-refractivity contribution in [2.45, 2.75) is 50.0 Å². The molecule has 5 nitrogen and oxygen atoms in total. The van der Waals surface area contributed by atoms with Gasteiger partial charge in [0, 0.05) is 0 Å². The van der Waals surface area contributed by atoms with Crippen LogP contribution < -0.4 is 0 Å². The Morgan fingerprint density at radius 1 is 1.14 bits per heavy atom. The van der Waals surface area contributed by atoms with Crippen LogP contribution in [0, 0.1) is 17.8 Å². The fraction of sp³-hybridized carbons (Fsp3) is 0.923. The third-order valence-corrected chi connectivity index (χ3v) is 5.68. The minimum Gasteiger partial charge on any atom is -0.455 e. The summed E-state index contributed by atoms with van der Waals surface area (Å²) in [7, 11) is -4.94. The highest BCUT2D eigenvalue weighted by molar-refractivity contribution is 7.85. The molecule has 120 valence electrons. The van der Waals surface area contributed by atoms with Crippen molar-refractivity contribution in [2.24, 2.45) is 17.8 Å². The van der Waals surface area contributed by atoms with Crippen molar-refractivity contribution in [1.82, 2.24) is 0 Å². The monoisotopic (exact) mass is 324 g/mol. The molecular weight excluding hydrogens is 306 g/mol. The molecule has 0 aromatic heterocycles. The van der Waals surface area contributed by atoms with E-state index in [-0.39, 0.29) is 0 Å². The first kappa shape index (κ1) is 15.1. The fourth-order valence-electron chi connectivity index (χ4n) is 4.72. The lowest BCUT2D eigenvalue weighted by atomic mass is 9.54. The van der Waals surface area contributed by atoms with Gasteiger partial charge in [0.2, 0.25) is 0 Å². The summed E-state index contributed by atoms with van der Waals surface area (Å²) in [6.07, 6.45) is 4.97. The molecular formula is C13H18F2O5S. The van der Waals surface area contributed by atoms with Crippen molar-refractivity contribution < 1.29 is 31.3 Å². The van der Waals surface area contributed by atoms with Gasteiger partial charge in [-0.25, -0.2) is 4.79 Å². The molecule has 0 aromatic carbocycles. The lowest BCUT2D eigenvalue weighted by Crippen LogP contribution is -2.54. The number of carbonyl (C=O) groups excluding carboxylic acids is 1. The second kappa shape index (κ2) is 4.62. The van der Waals surface area contributed by atoms with Crippen LogP contribution in [0.5, 0.6) is 0 Å². The molecule has 8 heteroatoms. The molecule has 0 aliphatic heterocycles. The summed E-state index contributed by atoms with van der Waals surface area (Å²) in [5, 5.41) is 0. The van der Waals surface area contributed by atoms with E-state index < -0.39 is 33.4 Å². The summed E-state index contributed by atoms with van der Waals surface area (Å²) < 4.78 is 61.9. The van der Waals surface area contributed by atoms with E-state index in [1.807, 2.05) is 0 Å². The molecule has 0 amide bonds. The van der Waals surface area contributed by atoms with Gasteiger partial charge in [-0.1, -0.05) is 0 Å². The number of esters is 1. The van der Waals surface area contributed by atoms with Gasteiger partial charge in [0.05, 0.1) is 0 Å². The third kappa shape index (κ3) is 3.06. The van der Waals surface area contributed by atoms with Crippen LogP contribution >= 0.6 is 0 Å². The average molecular weight is 324 g/mol. The van der Waals surface area contributed by atoms with Gasteiger partial charge in [0.15, 0.2) is 5.75 Å². The molecule has 4 aliphatic carbocycles. The number of ether oxygens (including phenoxy) is 1. The Kier molecular flexibility index (Phi) is 3.33. The van der Waals surface area contributed by atoms with E-state index in [1.54, 1.807) is 0 Å². The summed E-state index contributed by atoms with van der Waals surface area (Å²) in [5.74, 6) is -6.72. The van der Waals surface area contributed by atoms with Crippen molar-refractivity contribution in [3.05, 3.63) is 0 Å². The SMILES string of the molecule is O=C(OC12CC3CC(CC(C3)C1)C2)C(F)(F)CS(=O)(=O)O. The smallest absolute Gasteiger partial charge is 0.378 e. The zero-order chi connectivity index (χ0) is 15.5. The number of alkyl halides is 2. The first-order valence-electron chi connectivity index (χ1n) is 7.13. The molecule has 4 fully saturated rings. The van der Waals surface area contributed by atoms with E-state index in [1.165, 1.54) is 0 Å². The summed E-state index contributed by atoms with van der Waals surface area (Å²) in [6, 6.07) is 0. The number of carbonyl (C=O) groups is 1. The van der Waals surface area contributed by atoms with E-state index >= 15 is 0 Å². The van der Waals surface area contributed by atoms with Gasteiger partial charge in [0.1, 0.15) is 5.60 Å². The molecule has 0 atom stereocenters. The van der Waals surface area contributed by atoms with E-state index in [0.717, 1.165) is 19.3 Å². The summed E-state index contributed by atoms with van der Waals surface area (Å²) in [4.78, 5) is 11.7. The van der Waals surface area contributed by atoms with Crippen molar-refractivity contribution in [1.29, 1.82) is 0 Å². The maximum atomic E-state index is 13.6. The predicted octanol–water partition coefficient (Wildman–Crippen LogP) is 2.02. The van der Waals surface area contributed by atoms with Gasteiger partial charge in [-0.05, 0) is 56.3 Å². The molecule has 0 unspecified atom stereocenters. The molecule has 0 radical (unpaired) electrons. The molecule has 4 rings (SSSR count). The van der Waals surface area contributed by atoms with E-state index in [0.29, 0.717) is 37.0 Å². The van der Waals surface area contributed by atoms with Crippen LogP contribution in [0.15, 0.2) is 0 Å². The highest BCUT2D eigenvalue weighted by Gasteiger charge is 2.56. The van der Waals surface area contributed by atoms with Gasteiger partial charge in [-0.2, -0.15) is 17.2 Å². The second-order valence-corrected chi connectivity index (χ2v) is 8.37. The Labute approximate surface area is 121 Å². The number of hydrogen-bond acceptors (Lipinski definition) is 4. The lowest BCUT2D eigenvalue weighted by Gasteiger charge is -2.55. The minimum absolute atomic E-state index is 0.416. The van der Waals surface area contributed by atoms with Crippen molar-refractivity contribution in [3.8, 4) is 0 Å². The number of rotatable bonds is 4. The Balaban J connectivity index is 1.73. The minimum atomic E-state index is -4.94. The van der Waals surface area contributed by atoms with E-state index in [4.69, 9.17) is 9.29 Å². The Bertz CT molecular complexity index is 522. The summed E-state index contributed by atoms with van der Waals surface area (Å²) >= 11 is 0. The van der Waals surface area contributed by atoms with Gasteiger partial charge < -0.3 is 4.74 Å². The quantitative estimate of drug-likeness (QED) is 0.632. The van der Waals surface area contributed by atoms with Crippen LogP contribution in [0.25, 0.3) is 0 Å². The van der Waals surface area contributed by atoms with E-state index in [9.17, 15) is 22.0 Å². The Morgan fingerprint density at radius 2 is 1.57 bits per heavy atom. The molecule has 0 heterocycles. The van der Waals surface area contributed by atoms with Crippen LogP contribution in [0.4, 0.5) is 8.78 Å². The van der Waals surface area contributed by atoms with Gasteiger partial charge >= 0.3 is 11.9 Å². The first-order chi connectivity index (χ1) is 9.57. The fourth-order valence-corrected chi connectivity index (χ4v) is 5.29. The van der Waals surface area contributed by atoms with Gasteiger partial charge in [-0.3, -0.25) is 4.55 Å². The zero-order valence-electron chi connectivity index (χ0n) is 11.4. The second-order valence-electron chi connectivity index (χ2n) is 6.92. The first-order valence-corrected chi connectivity index (χ1v) is 8.74. The van der Waals surface area contributed by atoms with E-state index in [2.05, 4.69) is 0 Å². The van der Waals surface area contributed by atoms with Gasteiger partial charge in [-0.15, -0.1) is 0 Å². The largest absolute Gasteiger partial charge is 0.455 e. The standard InChI is InChI=1S/C13H18F2O5S/c14-13(15,7-21(17,18)19)11(16)20-12-4-8-1-9(5-12)3-10(2-8)6-12/h8-10H,1-7H2,(H,17,18,19). The predicted molar refractivity (Wildman–Crippen MR) is 68.4 cm³/mol. The molecule has 4 saturated carbocycles. The van der Waals surface area contributed by atoms with Crippen LogP contribution in [0.2, 0.25) is 0 Å². The molecule has 0 spiro atoms. The van der Waals surface area contributed by atoms with Crippen molar-refractivity contribution in [2.75, 3.05) is 5.75 Å². The number of hydrogen-bond donors (Lipinski definition) is 1. The lowest BCUT2D eigenvalue weighted by molar-refractivity contribution is -0.207. The van der Waals surface area contributed by atoms with Crippen LogP contribution in [0.3, 0.4) is 0 Å². The highest BCUT2D eigenvalue weighted by Crippen LogP contribution is 2.57. The maximum Gasteiger partial charge on any atom is 0.378 e. The van der Waals surface area contributed by atoms with Crippen molar-refractivity contribution in [3.63, 3.8) is 0 Å². The summed E-state index contributed by atoms with van der Waals surface area (Å²) in [5.41, 5.74) is -0.853. The van der Waals surface area contributed by atoms with Crippen LogP contribution in [-0.2, 0) is 19.6 Å². The van der Waals surface area contributed by atoms with Crippen LogP contribution in [-0.4, -0.2) is 36.2 Å². The molecule has 0 aromatic rings. The number of halogens is 2. The highest BCUT2D eigenvalue weighted by atomic mass is 32.2. The zero-order valence-corrected chi connectivity index (χ0v) is 12.2. The normalized spacial score (nSPS) is 38.5. The molecule has 1 N–H and O–H groups in total. The van der Waals surface area contributed by atoms with Crippen LogP contribution in [0.1, 0.15) is 38.5 Å². The molecule has 4 aliphatic rings. The topological polar surface area (TPSA) is 80.7 Å².